The fourth-order valence-corrected chi connectivity index (χ4v) is 9.89. The topological polar surface area (TPSA) is 274 Å². The molecule has 0 unspecified atom stereocenters. The molecule has 0 saturated carbocycles. The van der Waals surface area contributed by atoms with E-state index in [9.17, 15) is 57.5 Å². The summed E-state index contributed by atoms with van der Waals surface area (Å²) >= 11 is 0. The van der Waals surface area contributed by atoms with Crippen molar-refractivity contribution in [1.29, 1.82) is 10.8 Å². The number of rotatable bonds is 16. The lowest BCUT2D eigenvalue weighted by Crippen LogP contribution is -2.12. The first-order valence-electron chi connectivity index (χ1n) is 28.0. The van der Waals surface area contributed by atoms with Crippen molar-refractivity contribution >= 4 is 135 Å². The van der Waals surface area contributed by atoms with Crippen LogP contribution in [0.25, 0.3) is 53.9 Å². The van der Waals surface area contributed by atoms with E-state index in [1.54, 1.807) is 45.2 Å². The van der Waals surface area contributed by atoms with Crippen LogP contribution in [0.15, 0.2) is 84.9 Å². The Kier molecular flexibility index (Phi) is 34.0. The summed E-state index contributed by atoms with van der Waals surface area (Å²) in [6, 6.07) is 23.5. The molecule has 0 bridgehead atoms. The van der Waals surface area contributed by atoms with E-state index in [0.717, 1.165) is 45.5 Å². The first kappa shape index (κ1) is 83.7. The van der Waals surface area contributed by atoms with Gasteiger partial charge in [0.1, 0.15) is 0 Å². The first-order valence-corrected chi connectivity index (χ1v) is 28.0. The van der Waals surface area contributed by atoms with Crippen molar-refractivity contribution in [1.82, 2.24) is 5.32 Å². The van der Waals surface area contributed by atoms with E-state index in [0.29, 0.717) is 83.9 Å². The highest BCUT2D eigenvalue weighted by atomic mass is 16.5. The molecule has 0 amide bonds. The van der Waals surface area contributed by atoms with E-state index >= 15 is 0 Å². The Morgan fingerprint density at radius 3 is 0.560 bits per heavy atom. The zero-order valence-corrected chi connectivity index (χ0v) is 53.0. The average molecular weight is 1240 g/mol. The van der Waals surface area contributed by atoms with Gasteiger partial charge >= 0.3 is 0 Å². The van der Waals surface area contributed by atoms with Crippen LogP contribution >= 0.6 is 0 Å². The molecule has 0 atom stereocenters. The molecular weight excluding hydrogens is 1150 g/mol. The Balaban J connectivity index is 0. The Morgan fingerprint density at radius 2 is 0.451 bits per heavy atom. The summed E-state index contributed by atoms with van der Waals surface area (Å²) in [6.45, 7) is 26.2. The molecule has 3 N–H and O–H groups in total. The second kappa shape index (κ2) is 36.9. The Bertz CT molecular complexity index is 3670. The van der Waals surface area contributed by atoms with Gasteiger partial charge in [-0.2, -0.15) is 0 Å². The maximum Gasteiger partial charge on any atom is 0.160 e. The lowest BCUT2D eigenvalue weighted by molar-refractivity contribution is 0.0970. The molecule has 8 rings (SSSR count). The highest BCUT2D eigenvalue weighted by molar-refractivity contribution is 6.39. The van der Waals surface area contributed by atoms with E-state index < -0.39 is 0 Å². The van der Waals surface area contributed by atoms with Crippen LogP contribution in [-0.2, 0) is 4.74 Å². The van der Waals surface area contributed by atoms with Gasteiger partial charge in [-0.1, -0.05) is 109 Å². The van der Waals surface area contributed by atoms with Gasteiger partial charge in [-0.25, -0.2) is 0 Å². The van der Waals surface area contributed by atoms with E-state index in [-0.39, 0.29) is 121 Å². The van der Waals surface area contributed by atoms with Crippen molar-refractivity contribution in [2.75, 3.05) is 27.3 Å². The van der Waals surface area contributed by atoms with E-state index in [1.807, 2.05) is 38.2 Å². The van der Waals surface area contributed by atoms with Gasteiger partial charge in [0.15, 0.2) is 69.4 Å². The maximum absolute atomic E-state index is 12.5. The largest absolute Gasteiger partial charge is 0.385 e. The minimum absolute atomic E-state index is 0. The molecule has 16 nitrogen and oxygen atoms in total. The summed E-state index contributed by atoms with van der Waals surface area (Å²) in [6.07, 6.45) is 0.528. The van der Waals surface area contributed by atoms with Gasteiger partial charge in [0.25, 0.3) is 0 Å². The zero-order chi connectivity index (χ0) is 66.2. The predicted molar refractivity (Wildman–Crippen MR) is 374 cm³/mol. The number of carbonyl (C=O) groups excluding carboxylic acids is 12. The summed E-state index contributed by atoms with van der Waals surface area (Å²) in [5.41, 5.74) is 5.24. The second-order valence-corrected chi connectivity index (χ2v) is 20.9. The third-order valence-electron chi connectivity index (χ3n) is 13.9. The Labute approximate surface area is 536 Å². The summed E-state index contributed by atoms with van der Waals surface area (Å²) in [5, 5.41) is 24.0. The van der Waals surface area contributed by atoms with Gasteiger partial charge in [-0.15, -0.1) is 0 Å². The highest BCUT2D eigenvalue weighted by Gasteiger charge is 2.25. The third kappa shape index (κ3) is 19.8. The van der Waals surface area contributed by atoms with Crippen LogP contribution < -0.4 is 5.32 Å². The molecule has 0 aliphatic carbocycles. The zero-order valence-electron chi connectivity index (χ0n) is 53.0. The number of fused-ring (bicyclic) bond motifs is 3. The minimum Gasteiger partial charge on any atom is -0.385 e. The van der Waals surface area contributed by atoms with E-state index in [4.69, 9.17) is 10.8 Å². The summed E-state index contributed by atoms with van der Waals surface area (Å²) in [7, 11) is 3.61. The van der Waals surface area contributed by atoms with Crippen LogP contribution in [0.3, 0.4) is 0 Å². The molecule has 0 spiro atoms. The van der Waals surface area contributed by atoms with Gasteiger partial charge in [0.05, 0.1) is 0 Å². The Morgan fingerprint density at radius 1 is 0.308 bits per heavy atom. The molecular formula is C75H93N3O13. The number of hydrogen-bond acceptors (Lipinski definition) is 16. The molecule has 486 valence electrons. The normalized spacial score (nSPS) is 9.91. The average Bonchev–Trinajstić information content (AvgIpc) is 0.709. The molecule has 0 saturated heterocycles. The van der Waals surface area contributed by atoms with Crippen LogP contribution in [0.2, 0.25) is 0 Å². The van der Waals surface area contributed by atoms with Crippen LogP contribution in [0, 0.1) is 10.8 Å². The highest BCUT2D eigenvalue weighted by Crippen LogP contribution is 2.44. The van der Waals surface area contributed by atoms with Crippen molar-refractivity contribution in [3.8, 4) is 0 Å². The number of ether oxygens (including phenoxy) is 1. The van der Waals surface area contributed by atoms with Crippen LogP contribution in [0.5, 0.6) is 0 Å². The first-order chi connectivity index (χ1) is 40.7. The van der Waals surface area contributed by atoms with Crippen LogP contribution in [0.4, 0.5) is 0 Å². The number of benzene rings is 8. The number of methoxy groups -OCH3 is 1. The van der Waals surface area contributed by atoms with Crippen molar-refractivity contribution in [2.24, 2.45) is 0 Å². The fourth-order valence-electron chi connectivity index (χ4n) is 9.89. The summed E-state index contributed by atoms with van der Waals surface area (Å²) < 4.78 is 4.54. The van der Waals surface area contributed by atoms with Gasteiger partial charge < -0.3 is 20.9 Å². The molecule has 8 aromatic carbocycles. The minimum atomic E-state index is -0.308. The van der Waals surface area contributed by atoms with Gasteiger partial charge in [0, 0.05) is 120 Å². The predicted octanol–water partition coefficient (Wildman–Crippen LogP) is 17.6. The lowest BCUT2D eigenvalue weighted by Gasteiger charge is -2.19. The van der Waals surface area contributed by atoms with Crippen molar-refractivity contribution < 1.29 is 62.3 Å². The molecule has 0 heterocycles. The second-order valence-electron chi connectivity index (χ2n) is 20.9. The summed E-state index contributed by atoms with van der Waals surface area (Å²) in [5.74, 6) is -2.53. The van der Waals surface area contributed by atoms with Crippen molar-refractivity contribution in [2.45, 2.75) is 147 Å². The molecule has 0 aromatic heterocycles. The van der Waals surface area contributed by atoms with Crippen molar-refractivity contribution in [3.05, 3.63) is 152 Å². The number of hydrogen-bond donors (Lipinski definition) is 3. The van der Waals surface area contributed by atoms with Crippen LogP contribution in [-0.4, -0.2) is 108 Å². The number of ketones is 12. The smallest absolute Gasteiger partial charge is 0.160 e. The van der Waals surface area contributed by atoms with Crippen molar-refractivity contribution in [3.63, 3.8) is 0 Å². The SMILES string of the molecule is C.C.C.C.CC(=N)CC(C)=N.CC(=O)c1cc(C(C)=O)c(C(C)=O)cc1C(C)=O.CC(=O)c1ccc(C(C)=O)c2c(C(C)=O)ccc(C(C)=O)c12.CC(=O)c1ccc2c3ccc(C(C)=O)c4c(C(C)=O)ccc(c5ccc(C(C)=O)c1c25)c43.CCNC.CCOC. The van der Waals surface area contributed by atoms with E-state index in [1.165, 1.54) is 119 Å². The molecule has 0 aliphatic rings. The molecule has 8 aromatic rings. The molecule has 0 fully saturated rings. The van der Waals surface area contributed by atoms with Gasteiger partial charge in [0.2, 0.25) is 0 Å². The molecule has 0 aliphatic heterocycles. The fraction of sp³-hybridized carbons (Fsp3) is 0.333. The van der Waals surface area contributed by atoms with Crippen LogP contribution in [0.1, 0.15) is 271 Å². The standard InChI is InChI=1S/C28H20O4.C18H16O4.C14H14O4.C5H10N2.C3H9N.C3H8O.4CH4/c1-13(29)17-5-9-21-23-11-7-19(15(3)31)26-20(16(4)32)8-12-24(28(23)26)22-10-6-18(14(2)30)25(17)27(21)22;1-9(19)13-5-6-15(11(3)21)18-16(12(4)22)8-7-14(10(2)20)17(13)18;1-7(15)11-5-13(9(3)17)14(10(4)18)6-12(11)8(2)16;1-4(6)3-5(2)7;2*1-3-4-2;;;;/h5-12H,1-4H3;5-8H,1-4H3;5-6H,1-4H3;6-7H,3H2,1-2H3;4H,3H2,1-2H3;3H2,1-2H3;4*1H4. The molecule has 16 heteroatoms. The molecule has 0 radical (unpaired) electrons. The van der Waals surface area contributed by atoms with E-state index in [2.05, 4.69) is 17.0 Å². The summed E-state index contributed by atoms with van der Waals surface area (Å²) in [4.78, 5) is 143. The Hall–Kier alpha value is -9.38. The lowest BCUT2D eigenvalue weighted by atomic mass is 9.83. The number of nitrogens with one attached hydrogen (secondary N) is 3. The van der Waals surface area contributed by atoms with Gasteiger partial charge in [-0.05, 0) is 162 Å². The monoisotopic (exact) mass is 1240 g/mol. The quantitative estimate of drug-likeness (QED) is 0.0351. The molecule has 91 heavy (non-hydrogen) atoms. The number of Topliss-reactive ketones (excluding diaryl/α,β-unsaturated/α-hetero) is 12. The maximum atomic E-state index is 12.5. The number of carbonyl (C=O) groups is 12. The van der Waals surface area contributed by atoms with Gasteiger partial charge in [-0.3, -0.25) is 57.5 Å². The third-order valence-corrected chi connectivity index (χ3v) is 13.9.